The van der Waals surface area contributed by atoms with Crippen molar-refractivity contribution in [1.29, 1.82) is 0 Å². The van der Waals surface area contributed by atoms with Crippen LogP contribution < -0.4 is 0 Å². The molecule has 0 radical (unpaired) electrons. The molecule has 0 saturated carbocycles. The molecule has 0 bridgehead atoms. The summed E-state index contributed by atoms with van der Waals surface area (Å²) in [5.41, 5.74) is 0. The van der Waals surface area contributed by atoms with Crippen molar-refractivity contribution in [2.45, 2.75) is 25.8 Å². The largest absolute Gasteiger partial charge is 0.395 e. The van der Waals surface area contributed by atoms with E-state index in [1.54, 1.807) is 0 Å². The molecule has 0 aromatic heterocycles. The number of nitrogens with zero attached hydrogens (tertiary/aromatic N) is 1. The van der Waals surface area contributed by atoms with E-state index in [-0.39, 0.29) is 0 Å². The Morgan fingerprint density at radius 1 is 1.67 bits per heavy atom. The van der Waals surface area contributed by atoms with Gasteiger partial charge in [0, 0.05) is 12.6 Å². The van der Waals surface area contributed by atoms with Crippen LogP contribution in [0.2, 0.25) is 0 Å². The fourth-order valence-corrected chi connectivity index (χ4v) is 1.45. The molecule has 0 aromatic carbocycles. The van der Waals surface area contributed by atoms with Crippen molar-refractivity contribution >= 4 is 0 Å². The number of aliphatic hydroxyl groups is 1. The third-order valence-electron chi connectivity index (χ3n) is 2.08. The molecule has 54 valence electrons. The third kappa shape index (κ3) is 1.66. The summed E-state index contributed by atoms with van der Waals surface area (Å²) in [4.78, 5) is 2.33. The lowest BCUT2D eigenvalue weighted by Gasteiger charge is -2.18. The van der Waals surface area contributed by atoms with E-state index in [0.717, 1.165) is 6.54 Å². The van der Waals surface area contributed by atoms with E-state index in [0.29, 0.717) is 12.6 Å². The van der Waals surface area contributed by atoms with Gasteiger partial charge in [-0.05, 0) is 26.3 Å². The number of likely N-dealkylation sites (tertiary alicyclic amines) is 1. The summed E-state index contributed by atoms with van der Waals surface area (Å²) in [5.74, 6) is 0. The van der Waals surface area contributed by atoms with Crippen LogP contribution in [0.4, 0.5) is 0 Å². The molecule has 2 nitrogen and oxygen atoms in total. The first-order valence-corrected chi connectivity index (χ1v) is 3.69. The summed E-state index contributed by atoms with van der Waals surface area (Å²) < 4.78 is 0. The third-order valence-corrected chi connectivity index (χ3v) is 2.08. The molecule has 0 unspecified atom stereocenters. The van der Waals surface area contributed by atoms with E-state index in [1.807, 2.05) is 0 Å². The highest BCUT2D eigenvalue weighted by molar-refractivity contribution is 4.74. The molecule has 1 heterocycles. The van der Waals surface area contributed by atoms with Gasteiger partial charge in [-0.25, -0.2) is 0 Å². The molecule has 1 fully saturated rings. The maximum Gasteiger partial charge on any atom is 0.0558 e. The molecule has 1 rings (SSSR count). The van der Waals surface area contributed by atoms with Gasteiger partial charge in [-0.2, -0.15) is 0 Å². The van der Waals surface area contributed by atoms with Gasteiger partial charge in [-0.1, -0.05) is 0 Å². The molecular weight excluding hydrogens is 114 g/mol. The van der Waals surface area contributed by atoms with Crippen LogP contribution in [-0.4, -0.2) is 35.7 Å². The normalized spacial score (nSPS) is 29.3. The van der Waals surface area contributed by atoms with E-state index < -0.39 is 0 Å². The molecule has 2 heteroatoms. The average Bonchev–Trinajstić information content (AvgIpc) is 2.18. The minimum absolute atomic E-state index is 0.310. The molecule has 0 aromatic rings. The van der Waals surface area contributed by atoms with Crippen molar-refractivity contribution in [3.8, 4) is 0 Å². The molecule has 1 atom stereocenters. The van der Waals surface area contributed by atoms with Crippen LogP contribution in [0.15, 0.2) is 0 Å². The Balaban J connectivity index is 2.22. The zero-order valence-corrected chi connectivity index (χ0v) is 6.01. The highest BCUT2D eigenvalue weighted by Crippen LogP contribution is 2.14. The lowest BCUT2D eigenvalue weighted by molar-refractivity contribution is 0.192. The zero-order valence-electron chi connectivity index (χ0n) is 6.01. The first-order chi connectivity index (χ1) is 4.34. The zero-order chi connectivity index (χ0) is 6.69. The van der Waals surface area contributed by atoms with Crippen molar-refractivity contribution in [3.05, 3.63) is 0 Å². The number of aliphatic hydroxyl groups excluding tert-OH is 1. The second kappa shape index (κ2) is 3.18. The topological polar surface area (TPSA) is 23.5 Å². The quantitative estimate of drug-likeness (QED) is 0.585. The molecule has 0 aliphatic carbocycles. The Kier molecular flexibility index (Phi) is 2.49. The number of hydrogen-bond acceptors (Lipinski definition) is 2. The van der Waals surface area contributed by atoms with Crippen molar-refractivity contribution in [2.24, 2.45) is 0 Å². The van der Waals surface area contributed by atoms with Crippen molar-refractivity contribution in [3.63, 3.8) is 0 Å². The standard InChI is InChI=1S/C7H15NO/c1-7-3-2-4-8(7)5-6-9/h7,9H,2-6H2,1H3/t7-/m1/s1. The summed E-state index contributed by atoms with van der Waals surface area (Å²) in [6.45, 7) is 4.58. The lowest BCUT2D eigenvalue weighted by atomic mass is 10.2. The summed E-state index contributed by atoms with van der Waals surface area (Å²) in [6.07, 6.45) is 2.61. The van der Waals surface area contributed by atoms with Gasteiger partial charge in [0.1, 0.15) is 0 Å². The second-order valence-electron chi connectivity index (χ2n) is 2.75. The molecule has 1 aliphatic heterocycles. The van der Waals surface area contributed by atoms with Gasteiger partial charge in [-0.3, -0.25) is 4.90 Å². The van der Waals surface area contributed by atoms with Crippen LogP contribution >= 0.6 is 0 Å². The molecular formula is C7H15NO. The smallest absolute Gasteiger partial charge is 0.0558 e. The van der Waals surface area contributed by atoms with E-state index >= 15 is 0 Å². The Labute approximate surface area is 56.5 Å². The van der Waals surface area contributed by atoms with Crippen LogP contribution in [0.5, 0.6) is 0 Å². The predicted octanol–water partition coefficient (Wildman–Crippen LogP) is 0.463. The average molecular weight is 129 g/mol. The second-order valence-corrected chi connectivity index (χ2v) is 2.75. The van der Waals surface area contributed by atoms with Crippen molar-refractivity contribution < 1.29 is 5.11 Å². The first-order valence-electron chi connectivity index (χ1n) is 3.69. The van der Waals surface area contributed by atoms with Crippen LogP contribution in [-0.2, 0) is 0 Å². The van der Waals surface area contributed by atoms with Gasteiger partial charge < -0.3 is 5.11 Å². The molecule has 0 amide bonds. The number of hydrogen-bond donors (Lipinski definition) is 1. The first kappa shape index (κ1) is 7.03. The SMILES string of the molecule is C[C@@H]1CCCN1CCO. The van der Waals surface area contributed by atoms with Gasteiger partial charge >= 0.3 is 0 Å². The number of rotatable bonds is 2. The maximum atomic E-state index is 8.60. The molecule has 1 saturated heterocycles. The molecule has 1 aliphatic rings. The fraction of sp³-hybridized carbons (Fsp3) is 1.00. The van der Waals surface area contributed by atoms with Crippen LogP contribution in [0.3, 0.4) is 0 Å². The van der Waals surface area contributed by atoms with E-state index in [1.165, 1.54) is 19.4 Å². The van der Waals surface area contributed by atoms with E-state index in [9.17, 15) is 0 Å². The lowest BCUT2D eigenvalue weighted by Crippen LogP contribution is -2.29. The van der Waals surface area contributed by atoms with Crippen LogP contribution in [0.25, 0.3) is 0 Å². The summed E-state index contributed by atoms with van der Waals surface area (Å²) >= 11 is 0. The van der Waals surface area contributed by atoms with Gasteiger partial charge in [-0.15, -0.1) is 0 Å². The van der Waals surface area contributed by atoms with Crippen molar-refractivity contribution in [1.82, 2.24) is 4.90 Å². The minimum atomic E-state index is 0.310. The highest BCUT2D eigenvalue weighted by Gasteiger charge is 2.18. The monoisotopic (exact) mass is 129 g/mol. The Morgan fingerprint density at radius 2 is 2.44 bits per heavy atom. The van der Waals surface area contributed by atoms with E-state index in [4.69, 9.17) is 5.11 Å². The Hall–Kier alpha value is -0.0800. The summed E-state index contributed by atoms with van der Waals surface area (Å²) in [6, 6.07) is 0.706. The minimum Gasteiger partial charge on any atom is -0.395 e. The van der Waals surface area contributed by atoms with Crippen LogP contribution in [0.1, 0.15) is 19.8 Å². The maximum absolute atomic E-state index is 8.60. The predicted molar refractivity (Wildman–Crippen MR) is 37.4 cm³/mol. The fourth-order valence-electron chi connectivity index (χ4n) is 1.45. The molecule has 0 spiro atoms. The van der Waals surface area contributed by atoms with Gasteiger partial charge in [0.15, 0.2) is 0 Å². The van der Waals surface area contributed by atoms with Gasteiger partial charge in [0.05, 0.1) is 6.61 Å². The van der Waals surface area contributed by atoms with Crippen molar-refractivity contribution in [2.75, 3.05) is 19.7 Å². The molecule has 9 heavy (non-hydrogen) atoms. The highest BCUT2D eigenvalue weighted by atomic mass is 16.3. The summed E-state index contributed by atoms with van der Waals surface area (Å²) in [5, 5.41) is 8.60. The van der Waals surface area contributed by atoms with Gasteiger partial charge in [0.2, 0.25) is 0 Å². The Morgan fingerprint density at radius 3 is 2.89 bits per heavy atom. The van der Waals surface area contributed by atoms with Crippen LogP contribution in [0, 0.1) is 0 Å². The molecule has 1 N–H and O–H groups in total. The van der Waals surface area contributed by atoms with Gasteiger partial charge in [0.25, 0.3) is 0 Å². The number of β-amino-alcohol motifs (C(OH)–C–C–N with tert-alkyl or cyclic N) is 1. The Bertz CT molecular complexity index is 85.0. The summed E-state index contributed by atoms with van der Waals surface area (Å²) in [7, 11) is 0. The van der Waals surface area contributed by atoms with E-state index in [2.05, 4.69) is 11.8 Å².